The van der Waals surface area contributed by atoms with Gasteiger partial charge in [0.15, 0.2) is 0 Å². The number of aryl methyl sites for hydroxylation is 1. The third-order valence-corrected chi connectivity index (χ3v) is 2.40. The monoisotopic (exact) mass is 224 g/mol. The van der Waals surface area contributed by atoms with Gasteiger partial charge in [0, 0.05) is 7.11 Å². The van der Waals surface area contributed by atoms with Crippen LogP contribution in [0.4, 0.5) is 0 Å². The van der Waals surface area contributed by atoms with Crippen LogP contribution in [0.1, 0.15) is 18.4 Å². The third kappa shape index (κ3) is 4.31. The van der Waals surface area contributed by atoms with Crippen molar-refractivity contribution in [1.29, 1.82) is 0 Å². The van der Waals surface area contributed by atoms with Crippen LogP contribution in [0.5, 0.6) is 5.75 Å². The van der Waals surface area contributed by atoms with Crippen molar-refractivity contribution in [2.24, 2.45) is 0 Å². The van der Waals surface area contributed by atoms with Crippen molar-refractivity contribution in [1.82, 2.24) is 0 Å². The summed E-state index contributed by atoms with van der Waals surface area (Å²) in [5, 5.41) is 17.9. The normalized spacial score (nSPS) is 12.3. The molecule has 1 aromatic carbocycles. The molecular weight excluding hydrogens is 208 g/mol. The Kier molecular flexibility index (Phi) is 4.79. The number of benzene rings is 1. The first-order valence-electron chi connectivity index (χ1n) is 5.14. The zero-order valence-corrected chi connectivity index (χ0v) is 9.22. The molecule has 0 heterocycles. The van der Waals surface area contributed by atoms with Gasteiger partial charge in [0.05, 0.1) is 12.5 Å². The van der Waals surface area contributed by atoms with Crippen LogP contribution in [0.15, 0.2) is 24.3 Å². The Hall–Kier alpha value is -1.55. The van der Waals surface area contributed by atoms with Crippen LogP contribution < -0.4 is 0 Å². The number of rotatable bonds is 6. The number of hydrogen-bond donors (Lipinski definition) is 2. The van der Waals surface area contributed by atoms with E-state index in [1.807, 2.05) is 6.07 Å². The number of ether oxygens (including phenoxy) is 1. The molecule has 1 rings (SSSR count). The van der Waals surface area contributed by atoms with Crippen molar-refractivity contribution in [2.45, 2.75) is 25.4 Å². The minimum atomic E-state index is -0.859. The Labute approximate surface area is 94.5 Å². The maximum absolute atomic E-state index is 10.5. The smallest absolute Gasteiger partial charge is 0.305 e. The second-order valence-electron chi connectivity index (χ2n) is 3.66. The lowest BCUT2D eigenvalue weighted by Gasteiger charge is -2.12. The highest BCUT2D eigenvalue weighted by molar-refractivity contribution is 5.67. The lowest BCUT2D eigenvalue weighted by molar-refractivity contribution is -0.139. The van der Waals surface area contributed by atoms with Crippen molar-refractivity contribution in [3.8, 4) is 5.75 Å². The van der Waals surface area contributed by atoms with Crippen LogP contribution in [-0.2, 0) is 16.0 Å². The first kappa shape index (κ1) is 12.5. The van der Waals surface area contributed by atoms with E-state index in [-0.39, 0.29) is 18.3 Å². The fourth-order valence-electron chi connectivity index (χ4n) is 1.54. The first-order valence-corrected chi connectivity index (χ1v) is 5.14. The number of phenolic OH excluding ortho intramolecular Hbond substituents is 1. The molecule has 0 aliphatic heterocycles. The second kappa shape index (κ2) is 6.12. The van der Waals surface area contributed by atoms with E-state index >= 15 is 0 Å². The summed E-state index contributed by atoms with van der Waals surface area (Å²) in [6.45, 7) is 0. The maximum atomic E-state index is 10.5. The summed E-state index contributed by atoms with van der Waals surface area (Å²) < 4.78 is 5.07. The molecule has 1 unspecified atom stereocenters. The second-order valence-corrected chi connectivity index (χ2v) is 3.66. The van der Waals surface area contributed by atoms with Crippen LogP contribution in [-0.4, -0.2) is 29.4 Å². The van der Waals surface area contributed by atoms with E-state index in [2.05, 4.69) is 0 Å². The summed E-state index contributed by atoms with van der Waals surface area (Å²) in [5.41, 5.74) is 0.979. The molecule has 0 saturated heterocycles. The highest BCUT2D eigenvalue weighted by Crippen LogP contribution is 2.14. The third-order valence-electron chi connectivity index (χ3n) is 2.40. The van der Waals surface area contributed by atoms with Gasteiger partial charge in [-0.05, 0) is 30.5 Å². The number of methoxy groups -OCH3 is 1. The number of carboxylic acid groups (broad SMARTS) is 1. The van der Waals surface area contributed by atoms with Gasteiger partial charge in [-0.15, -0.1) is 0 Å². The summed E-state index contributed by atoms with van der Waals surface area (Å²) in [5.74, 6) is -0.632. The Morgan fingerprint density at radius 1 is 1.50 bits per heavy atom. The van der Waals surface area contributed by atoms with Crippen molar-refractivity contribution in [3.05, 3.63) is 29.8 Å². The average molecular weight is 224 g/mol. The topological polar surface area (TPSA) is 66.8 Å². The summed E-state index contributed by atoms with van der Waals surface area (Å²) in [6.07, 6.45) is 1.06. The van der Waals surface area contributed by atoms with Gasteiger partial charge in [-0.2, -0.15) is 0 Å². The SMILES string of the molecule is COC(CCc1cccc(O)c1)CC(=O)O. The molecule has 2 N–H and O–H groups in total. The van der Waals surface area contributed by atoms with Crippen LogP contribution in [0.3, 0.4) is 0 Å². The van der Waals surface area contributed by atoms with E-state index in [4.69, 9.17) is 9.84 Å². The number of carboxylic acids is 1. The molecule has 0 radical (unpaired) electrons. The van der Waals surface area contributed by atoms with Gasteiger partial charge >= 0.3 is 5.97 Å². The molecule has 1 aromatic rings. The molecule has 88 valence electrons. The van der Waals surface area contributed by atoms with E-state index in [1.54, 1.807) is 18.2 Å². The van der Waals surface area contributed by atoms with Gasteiger partial charge < -0.3 is 14.9 Å². The molecule has 0 saturated carbocycles. The standard InChI is InChI=1S/C12H16O4/c1-16-11(8-12(14)15)6-5-9-3-2-4-10(13)7-9/h2-4,7,11,13H,5-6,8H2,1H3,(H,14,15). The molecule has 0 fully saturated rings. The fourth-order valence-corrected chi connectivity index (χ4v) is 1.54. The van der Waals surface area contributed by atoms with Gasteiger partial charge in [0.1, 0.15) is 5.75 Å². The highest BCUT2D eigenvalue weighted by Gasteiger charge is 2.12. The molecule has 0 aliphatic carbocycles. The molecule has 0 aliphatic rings. The molecule has 0 bridgehead atoms. The van der Waals surface area contributed by atoms with Crippen molar-refractivity contribution >= 4 is 5.97 Å². The van der Waals surface area contributed by atoms with Crippen LogP contribution in [0, 0.1) is 0 Å². The first-order chi connectivity index (χ1) is 7.61. The van der Waals surface area contributed by atoms with E-state index in [9.17, 15) is 9.90 Å². The van der Waals surface area contributed by atoms with Gasteiger partial charge in [0.25, 0.3) is 0 Å². The van der Waals surface area contributed by atoms with Crippen molar-refractivity contribution in [2.75, 3.05) is 7.11 Å². The highest BCUT2D eigenvalue weighted by atomic mass is 16.5. The Bertz CT molecular complexity index is 349. The quantitative estimate of drug-likeness (QED) is 0.773. The number of carbonyl (C=O) groups is 1. The van der Waals surface area contributed by atoms with Gasteiger partial charge in [-0.25, -0.2) is 0 Å². The molecule has 0 amide bonds. The van der Waals surface area contributed by atoms with Gasteiger partial charge in [-0.1, -0.05) is 12.1 Å². The summed E-state index contributed by atoms with van der Waals surface area (Å²) in [6, 6.07) is 6.94. The zero-order valence-electron chi connectivity index (χ0n) is 9.22. The number of hydrogen-bond acceptors (Lipinski definition) is 3. The molecular formula is C12H16O4. The minimum Gasteiger partial charge on any atom is -0.508 e. The van der Waals surface area contributed by atoms with Gasteiger partial charge in [-0.3, -0.25) is 4.79 Å². The zero-order chi connectivity index (χ0) is 12.0. The Morgan fingerprint density at radius 3 is 2.81 bits per heavy atom. The van der Waals surface area contributed by atoms with Crippen LogP contribution in [0.25, 0.3) is 0 Å². The lowest BCUT2D eigenvalue weighted by Crippen LogP contribution is -2.16. The summed E-state index contributed by atoms with van der Waals surface area (Å²) in [7, 11) is 1.51. The summed E-state index contributed by atoms with van der Waals surface area (Å²) >= 11 is 0. The van der Waals surface area contributed by atoms with Crippen molar-refractivity contribution < 1.29 is 19.7 Å². The molecule has 16 heavy (non-hydrogen) atoms. The van der Waals surface area contributed by atoms with E-state index < -0.39 is 5.97 Å². The number of aromatic hydroxyl groups is 1. The number of phenols is 1. The van der Waals surface area contributed by atoms with E-state index in [1.165, 1.54) is 7.11 Å². The Balaban J connectivity index is 2.46. The molecule has 1 atom stereocenters. The van der Waals surface area contributed by atoms with Crippen LogP contribution >= 0.6 is 0 Å². The fraction of sp³-hybridized carbons (Fsp3) is 0.417. The number of aliphatic carboxylic acids is 1. The predicted octanol–water partition coefficient (Wildman–Crippen LogP) is 1.81. The predicted molar refractivity (Wildman–Crippen MR) is 59.5 cm³/mol. The summed E-state index contributed by atoms with van der Waals surface area (Å²) in [4.78, 5) is 10.5. The van der Waals surface area contributed by atoms with Gasteiger partial charge in [0.2, 0.25) is 0 Å². The van der Waals surface area contributed by atoms with E-state index in [0.717, 1.165) is 5.56 Å². The molecule has 4 heteroatoms. The largest absolute Gasteiger partial charge is 0.508 e. The minimum absolute atomic E-state index is 0.00924. The Morgan fingerprint density at radius 2 is 2.25 bits per heavy atom. The average Bonchev–Trinajstić information content (AvgIpc) is 2.24. The maximum Gasteiger partial charge on any atom is 0.305 e. The van der Waals surface area contributed by atoms with Crippen molar-refractivity contribution in [3.63, 3.8) is 0 Å². The van der Waals surface area contributed by atoms with E-state index in [0.29, 0.717) is 12.8 Å². The molecule has 0 aromatic heterocycles. The lowest BCUT2D eigenvalue weighted by atomic mass is 10.0. The van der Waals surface area contributed by atoms with Crippen LogP contribution in [0.2, 0.25) is 0 Å². The molecule has 0 spiro atoms. The molecule has 4 nitrogen and oxygen atoms in total.